The van der Waals surface area contributed by atoms with Gasteiger partial charge in [0.2, 0.25) is 0 Å². The lowest BCUT2D eigenvalue weighted by Gasteiger charge is -2.24. The Hall–Kier alpha value is -3.59. The second-order valence-electron chi connectivity index (χ2n) is 8.13. The molecule has 0 amide bonds. The third kappa shape index (κ3) is 3.46. The van der Waals surface area contributed by atoms with E-state index >= 15 is 0 Å². The molecule has 0 fully saturated rings. The molecule has 3 heterocycles. The third-order valence-electron chi connectivity index (χ3n) is 5.73. The molecule has 5 rings (SSSR count). The van der Waals surface area contributed by atoms with Gasteiger partial charge in [-0.2, -0.15) is 10.2 Å². The van der Waals surface area contributed by atoms with Crippen molar-refractivity contribution in [2.24, 2.45) is 0 Å². The summed E-state index contributed by atoms with van der Waals surface area (Å²) in [5.41, 5.74) is 3.06. The van der Waals surface area contributed by atoms with Gasteiger partial charge in [0.15, 0.2) is 0 Å². The van der Waals surface area contributed by atoms with Gasteiger partial charge in [-0.05, 0) is 37.4 Å². The molecule has 0 spiro atoms. The fourth-order valence-corrected chi connectivity index (χ4v) is 4.41. The lowest BCUT2D eigenvalue weighted by molar-refractivity contribution is 0.402. The van der Waals surface area contributed by atoms with E-state index in [2.05, 4.69) is 59.9 Å². The summed E-state index contributed by atoms with van der Waals surface area (Å²) in [6.45, 7) is 1.36. The quantitative estimate of drug-likeness (QED) is 0.470. The molecule has 0 aliphatic carbocycles. The number of aromatic amines is 2. The first-order valence-corrected chi connectivity index (χ1v) is 10.1. The standard InChI is InChI=1S/C22H22FN7O/c1-30(2)10-12-3-5-13(6-4-12)16-9-24-17-8-14(23)7-15-18(17)20(27-29-22(15)31)19(16)21-25-11-26-28-21/h3-8,11,16,19,24H,9-10H2,1-2H3,(H,29,31)(H,25,26,28). The van der Waals surface area contributed by atoms with Crippen LogP contribution in [0, 0.1) is 5.82 Å². The minimum Gasteiger partial charge on any atom is -0.384 e. The van der Waals surface area contributed by atoms with Crippen LogP contribution in [0.5, 0.6) is 0 Å². The van der Waals surface area contributed by atoms with Gasteiger partial charge in [0, 0.05) is 30.1 Å². The number of rotatable bonds is 4. The van der Waals surface area contributed by atoms with Crippen LogP contribution in [0.15, 0.2) is 47.5 Å². The van der Waals surface area contributed by atoms with Crippen molar-refractivity contribution >= 4 is 16.5 Å². The highest BCUT2D eigenvalue weighted by molar-refractivity contribution is 5.96. The predicted molar refractivity (Wildman–Crippen MR) is 116 cm³/mol. The molecule has 0 saturated heterocycles. The van der Waals surface area contributed by atoms with Crippen molar-refractivity contribution < 1.29 is 4.39 Å². The van der Waals surface area contributed by atoms with E-state index in [1.54, 1.807) is 0 Å². The average Bonchev–Trinajstić information content (AvgIpc) is 3.21. The van der Waals surface area contributed by atoms with Crippen molar-refractivity contribution in [3.8, 4) is 0 Å². The summed E-state index contributed by atoms with van der Waals surface area (Å²) in [7, 11) is 4.07. The number of H-pyrrole nitrogens is 2. The molecular weight excluding hydrogens is 397 g/mol. The number of nitrogens with zero attached hydrogens (tertiary/aromatic N) is 4. The maximum Gasteiger partial charge on any atom is 0.272 e. The molecule has 2 atom stereocenters. The van der Waals surface area contributed by atoms with Crippen LogP contribution in [0.3, 0.4) is 0 Å². The molecule has 8 nitrogen and oxygen atoms in total. The minimum absolute atomic E-state index is 0.0709. The second-order valence-corrected chi connectivity index (χ2v) is 8.13. The van der Waals surface area contributed by atoms with Gasteiger partial charge in [-0.25, -0.2) is 14.5 Å². The van der Waals surface area contributed by atoms with Gasteiger partial charge >= 0.3 is 0 Å². The number of hydrogen-bond acceptors (Lipinski definition) is 6. The van der Waals surface area contributed by atoms with E-state index in [1.165, 1.54) is 24.0 Å². The van der Waals surface area contributed by atoms with Crippen LogP contribution >= 0.6 is 0 Å². The fourth-order valence-electron chi connectivity index (χ4n) is 4.41. The maximum absolute atomic E-state index is 14.2. The molecule has 1 aliphatic rings. The van der Waals surface area contributed by atoms with Crippen molar-refractivity contribution in [1.82, 2.24) is 30.3 Å². The van der Waals surface area contributed by atoms with Crippen LogP contribution in [0.4, 0.5) is 10.1 Å². The molecule has 31 heavy (non-hydrogen) atoms. The third-order valence-corrected chi connectivity index (χ3v) is 5.73. The summed E-state index contributed by atoms with van der Waals surface area (Å²) >= 11 is 0. The van der Waals surface area contributed by atoms with Gasteiger partial charge in [-0.15, -0.1) is 0 Å². The number of anilines is 1. The van der Waals surface area contributed by atoms with Crippen LogP contribution in [-0.2, 0) is 6.54 Å². The monoisotopic (exact) mass is 419 g/mol. The van der Waals surface area contributed by atoms with E-state index in [9.17, 15) is 9.18 Å². The lowest BCUT2D eigenvalue weighted by Crippen LogP contribution is -2.22. The molecule has 1 aliphatic heterocycles. The number of nitrogens with one attached hydrogen (secondary N) is 3. The fraction of sp³-hybridized carbons (Fsp3) is 0.273. The van der Waals surface area contributed by atoms with Gasteiger partial charge < -0.3 is 10.2 Å². The van der Waals surface area contributed by atoms with Crippen molar-refractivity contribution in [3.05, 3.63) is 81.5 Å². The zero-order valence-corrected chi connectivity index (χ0v) is 17.2. The first-order valence-electron chi connectivity index (χ1n) is 10.1. The van der Waals surface area contributed by atoms with E-state index in [4.69, 9.17) is 0 Å². The van der Waals surface area contributed by atoms with Crippen LogP contribution in [0.1, 0.15) is 34.5 Å². The molecule has 2 aromatic heterocycles. The molecule has 158 valence electrons. The molecule has 2 unspecified atom stereocenters. The summed E-state index contributed by atoms with van der Waals surface area (Å²) in [6.07, 6.45) is 1.46. The SMILES string of the molecule is CN(C)Cc1ccc(C2CNc3cc(F)cc4c(=O)[nH]nc(c34)C2c2ncn[nH]2)cc1. The summed E-state index contributed by atoms with van der Waals surface area (Å²) < 4.78 is 14.2. The Morgan fingerprint density at radius 1 is 1.16 bits per heavy atom. The zero-order valence-electron chi connectivity index (χ0n) is 17.2. The summed E-state index contributed by atoms with van der Waals surface area (Å²) in [5.74, 6) is -0.207. The highest BCUT2D eigenvalue weighted by atomic mass is 19.1. The first-order chi connectivity index (χ1) is 15.0. The highest BCUT2D eigenvalue weighted by Gasteiger charge is 2.35. The van der Waals surface area contributed by atoms with Crippen LogP contribution in [0.2, 0.25) is 0 Å². The van der Waals surface area contributed by atoms with Gasteiger partial charge in [0.05, 0.1) is 17.0 Å². The molecular formula is C22H22FN7O. The first kappa shape index (κ1) is 19.4. The number of hydrogen-bond donors (Lipinski definition) is 3. The van der Waals surface area contributed by atoms with E-state index < -0.39 is 11.4 Å². The van der Waals surface area contributed by atoms with Crippen LogP contribution in [-0.4, -0.2) is 50.9 Å². The molecule has 2 aromatic carbocycles. The van der Waals surface area contributed by atoms with Crippen LogP contribution < -0.4 is 10.9 Å². The van der Waals surface area contributed by atoms with Crippen LogP contribution in [0.25, 0.3) is 10.8 Å². The van der Waals surface area contributed by atoms with Gasteiger partial charge in [-0.3, -0.25) is 9.89 Å². The largest absolute Gasteiger partial charge is 0.384 e. The molecule has 0 bridgehead atoms. The Labute approximate surface area is 177 Å². The maximum atomic E-state index is 14.2. The molecule has 0 saturated carbocycles. The van der Waals surface area contributed by atoms with Crippen molar-refractivity contribution in [2.75, 3.05) is 26.0 Å². The van der Waals surface area contributed by atoms with E-state index in [-0.39, 0.29) is 17.2 Å². The smallest absolute Gasteiger partial charge is 0.272 e. The highest BCUT2D eigenvalue weighted by Crippen LogP contribution is 2.43. The Bertz CT molecular complexity index is 1280. The topological polar surface area (TPSA) is 103 Å². The Morgan fingerprint density at radius 3 is 2.68 bits per heavy atom. The average molecular weight is 419 g/mol. The number of halogens is 1. The summed E-state index contributed by atoms with van der Waals surface area (Å²) in [5, 5.41) is 18.2. The molecule has 0 radical (unpaired) electrons. The number of aromatic nitrogens is 5. The summed E-state index contributed by atoms with van der Waals surface area (Å²) in [6, 6.07) is 11.1. The second kappa shape index (κ2) is 7.59. The van der Waals surface area contributed by atoms with E-state index in [1.807, 2.05) is 14.1 Å². The Balaban J connectivity index is 1.69. The van der Waals surface area contributed by atoms with Gasteiger partial charge in [0.1, 0.15) is 18.0 Å². The van der Waals surface area contributed by atoms with Crippen molar-refractivity contribution in [3.63, 3.8) is 0 Å². The van der Waals surface area contributed by atoms with Gasteiger partial charge in [0.25, 0.3) is 5.56 Å². The molecule has 4 aromatic rings. The zero-order chi connectivity index (χ0) is 21.5. The molecule has 9 heteroatoms. The normalized spacial score (nSPS) is 18.2. The lowest BCUT2D eigenvalue weighted by atomic mass is 9.82. The van der Waals surface area contributed by atoms with Crippen molar-refractivity contribution in [2.45, 2.75) is 18.4 Å². The minimum atomic E-state index is -0.472. The van der Waals surface area contributed by atoms with Gasteiger partial charge in [-0.1, -0.05) is 24.3 Å². The van der Waals surface area contributed by atoms with E-state index in [0.717, 1.165) is 12.1 Å². The summed E-state index contributed by atoms with van der Waals surface area (Å²) in [4.78, 5) is 18.9. The Morgan fingerprint density at radius 2 is 1.97 bits per heavy atom. The Kier molecular flexibility index (Phi) is 4.74. The molecule has 3 N–H and O–H groups in total. The predicted octanol–water partition coefficient (Wildman–Crippen LogP) is 2.58. The van der Waals surface area contributed by atoms with E-state index in [0.29, 0.717) is 29.1 Å². The number of benzene rings is 2. The van der Waals surface area contributed by atoms with Crippen molar-refractivity contribution in [1.29, 1.82) is 0 Å².